The lowest BCUT2D eigenvalue weighted by Crippen LogP contribution is -2.33. The van der Waals surface area contributed by atoms with Crippen molar-refractivity contribution in [2.75, 3.05) is 12.3 Å². The largest absolute Gasteiger partial charge is 0.476 e. The van der Waals surface area contributed by atoms with Crippen LogP contribution in [-0.2, 0) is 6.18 Å². The second-order valence-corrected chi connectivity index (χ2v) is 6.03. The van der Waals surface area contributed by atoms with Crippen LogP contribution in [-0.4, -0.2) is 28.4 Å². The van der Waals surface area contributed by atoms with Crippen molar-refractivity contribution in [3.63, 3.8) is 0 Å². The average molecular weight is 372 g/mol. The fourth-order valence-electron chi connectivity index (χ4n) is 2.03. The molecular formula is C17H23F3N4O2. The lowest BCUT2D eigenvalue weighted by atomic mass is 10.0. The molecule has 2 heterocycles. The topological polar surface area (TPSA) is 104 Å². The van der Waals surface area contributed by atoms with Gasteiger partial charge in [0, 0.05) is 21.2 Å². The minimum Gasteiger partial charge on any atom is -0.476 e. The van der Waals surface area contributed by atoms with E-state index in [1.54, 1.807) is 0 Å². The van der Waals surface area contributed by atoms with E-state index in [-0.39, 0.29) is 38.7 Å². The molecule has 9 heteroatoms. The Morgan fingerprint density at radius 1 is 1.31 bits per heavy atom. The van der Waals surface area contributed by atoms with Gasteiger partial charge < -0.3 is 16.2 Å². The number of carbonyl (C=O) groups is 1. The van der Waals surface area contributed by atoms with Crippen molar-refractivity contribution in [1.82, 2.24) is 9.97 Å². The van der Waals surface area contributed by atoms with Gasteiger partial charge in [0.2, 0.25) is 11.7 Å². The Morgan fingerprint density at radius 3 is 2.58 bits per heavy atom. The van der Waals surface area contributed by atoms with E-state index in [1.807, 2.05) is 13.8 Å². The molecule has 1 atom stereocenters. The Morgan fingerprint density at radius 2 is 2.00 bits per heavy atom. The van der Waals surface area contributed by atoms with Gasteiger partial charge in [0.05, 0.1) is 11.1 Å². The lowest BCUT2D eigenvalue weighted by Gasteiger charge is -2.17. The van der Waals surface area contributed by atoms with Crippen LogP contribution in [0.3, 0.4) is 0 Å². The molecule has 0 saturated carbocycles. The molecule has 0 radical (unpaired) electrons. The van der Waals surface area contributed by atoms with E-state index in [2.05, 4.69) is 9.97 Å². The fourth-order valence-corrected chi connectivity index (χ4v) is 2.03. The maximum Gasteiger partial charge on any atom is 0.418 e. The maximum atomic E-state index is 13.3. The molecule has 6 nitrogen and oxygen atoms in total. The Kier molecular flexibility index (Phi) is 5.81. The zero-order chi connectivity index (χ0) is 19.5. The van der Waals surface area contributed by atoms with Gasteiger partial charge in [-0.2, -0.15) is 13.2 Å². The van der Waals surface area contributed by atoms with Crippen molar-refractivity contribution in [2.24, 2.45) is 11.7 Å². The molecule has 0 aliphatic heterocycles. The van der Waals surface area contributed by atoms with Crippen LogP contribution in [0.2, 0.25) is 0 Å². The molecule has 4 N–H and O–H groups in total. The number of aromatic nitrogens is 2. The van der Waals surface area contributed by atoms with E-state index in [0.29, 0.717) is 0 Å². The quantitative estimate of drug-likeness (QED) is 0.755. The normalized spacial score (nSPS) is 12.9. The van der Waals surface area contributed by atoms with E-state index in [1.165, 1.54) is 18.3 Å². The number of nitrogens with zero attached hydrogens (tertiary/aromatic N) is 2. The zero-order valence-electron chi connectivity index (χ0n) is 14.2. The molecule has 0 spiro atoms. The lowest BCUT2D eigenvalue weighted by molar-refractivity contribution is -0.138. The highest BCUT2D eigenvalue weighted by Gasteiger charge is 2.37. The Labute approximate surface area is 151 Å². The summed E-state index contributed by atoms with van der Waals surface area (Å²) in [5.41, 5.74) is 9.31. The summed E-state index contributed by atoms with van der Waals surface area (Å²) in [6.07, 6.45) is -3.43. The van der Waals surface area contributed by atoms with Crippen molar-refractivity contribution in [3.8, 4) is 5.88 Å². The minimum absolute atomic E-state index is 0. The predicted octanol–water partition coefficient (Wildman–Crippen LogP) is 3.16. The second kappa shape index (κ2) is 7.69. The number of rotatable bonds is 6. The third-order valence-electron chi connectivity index (χ3n) is 3.75. The molecule has 0 bridgehead atoms. The molecule has 2 aromatic heterocycles. The number of hydrogen-bond donors (Lipinski definition) is 2. The molecule has 2 aromatic rings. The maximum absolute atomic E-state index is 13.3. The number of nitrogens with two attached hydrogens (primary N) is 2. The summed E-state index contributed by atoms with van der Waals surface area (Å²) in [7, 11) is 0. The van der Waals surface area contributed by atoms with E-state index >= 15 is 0 Å². The van der Waals surface area contributed by atoms with E-state index in [9.17, 15) is 18.0 Å². The number of ketones is 1. The Hall–Kier alpha value is -2.68. The highest BCUT2D eigenvalue weighted by atomic mass is 19.4. The number of halogens is 3. The van der Waals surface area contributed by atoms with Crippen molar-refractivity contribution in [2.45, 2.75) is 26.1 Å². The van der Waals surface area contributed by atoms with Gasteiger partial charge in [-0.05, 0) is 24.1 Å². The third-order valence-corrected chi connectivity index (χ3v) is 3.75. The third kappa shape index (κ3) is 4.48. The first kappa shape index (κ1) is 19.6. The molecular weight excluding hydrogens is 349 g/mol. The van der Waals surface area contributed by atoms with Crippen LogP contribution in [0.5, 0.6) is 5.88 Å². The molecule has 2 rings (SSSR count). The van der Waals surface area contributed by atoms with Crippen LogP contribution >= 0.6 is 0 Å². The van der Waals surface area contributed by atoms with Crippen molar-refractivity contribution in [3.05, 3.63) is 47.3 Å². The summed E-state index contributed by atoms with van der Waals surface area (Å²) in [6, 6.07) is 4.17. The van der Waals surface area contributed by atoms with Crippen molar-refractivity contribution < 1.29 is 25.6 Å². The zero-order valence-corrected chi connectivity index (χ0v) is 14.2. The summed E-state index contributed by atoms with van der Waals surface area (Å²) >= 11 is 0. The fraction of sp³-hybridized carbons (Fsp3) is 0.353. The van der Waals surface area contributed by atoms with Crippen LogP contribution in [0, 0.1) is 5.92 Å². The number of alkyl halides is 3. The Balaban J connectivity index is 0.00000364. The number of ether oxygens (including phenoxy) is 1. The van der Waals surface area contributed by atoms with Gasteiger partial charge in [0.25, 0.3) is 0 Å². The summed E-state index contributed by atoms with van der Waals surface area (Å²) in [6.45, 7) is 3.82. The molecule has 26 heavy (non-hydrogen) atoms. The van der Waals surface area contributed by atoms with Crippen LogP contribution in [0.15, 0.2) is 30.5 Å². The van der Waals surface area contributed by atoms with Crippen LogP contribution in [0.4, 0.5) is 19.0 Å². The highest BCUT2D eigenvalue weighted by Crippen LogP contribution is 2.33. The van der Waals surface area contributed by atoms with Gasteiger partial charge in [-0.1, -0.05) is 13.8 Å². The number of anilines is 1. The van der Waals surface area contributed by atoms with Gasteiger partial charge >= 0.3 is 6.18 Å². The standard InChI is InChI=1S/C17H19F3N4O2.2H2/c1-9(2)12(21)8-26-13-6-5-11(17(18,19)20)14(24-13)15(25)10-4-3-7-23-16(10)22;;/h3-7,9,12H,8,21H2,1-2H3,(H2,22,23);2*1H/t12-;;/m1../s1. The van der Waals surface area contributed by atoms with Crippen LogP contribution in [0.25, 0.3) is 0 Å². The molecule has 0 fully saturated rings. The van der Waals surface area contributed by atoms with Gasteiger partial charge in [0.1, 0.15) is 18.1 Å². The van der Waals surface area contributed by atoms with Gasteiger partial charge in [-0.15, -0.1) is 0 Å². The molecule has 0 aliphatic carbocycles. The van der Waals surface area contributed by atoms with Crippen molar-refractivity contribution >= 4 is 11.6 Å². The molecule has 0 unspecified atom stereocenters. The molecule has 0 saturated heterocycles. The van der Waals surface area contributed by atoms with E-state index < -0.39 is 23.2 Å². The van der Waals surface area contributed by atoms with E-state index in [0.717, 1.165) is 12.1 Å². The second-order valence-electron chi connectivity index (χ2n) is 6.03. The number of carbonyl (C=O) groups excluding carboxylic acids is 1. The first-order chi connectivity index (χ1) is 12.1. The van der Waals surface area contributed by atoms with E-state index in [4.69, 9.17) is 16.2 Å². The highest BCUT2D eigenvalue weighted by molar-refractivity contribution is 6.11. The minimum atomic E-state index is -4.76. The first-order valence-electron chi connectivity index (χ1n) is 7.83. The van der Waals surface area contributed by atoms with Gasteiger partial charge in [-0.3, -0.25) is 4.79 Å². The monoisotopic (exact) mass is 372 g/mol. The molecule has 0 aliphatic rings. The summed E-state index contributed by atoms with van der Waals surface area (Å²) in [5.74, 6) is -1.18. The molecule has 144 valence electrons. The summed E-state index contributed by atoms with van der Waals surface area (Å²) in [4.78, 5) is 20.0. The Bertz CT molecular complexity index is 804. The predicted molar refractivity (Wildman–Crippen MR) is 93.9 cm³/mol. The SMILES string of the molecule is CC(C)[C@H](N)COc1ccc(C(F)(F)F)c(C(=O)c2cccnc2N)n1.[HH].[HH]. The van der Waals surface area contributed by atoms with Crippen molar-refractivity contribution in [1.29, 1.82) is 0 Å². The smallest absolute Gasteiger partial charge is 0.418 e. The van der Waals surface area contributed by atoms with Gasteiger partial charge in [0.15, 0.2) is 0 Å². The summed E-state index contributed by atoms with van der Waals surface area (Å²) in [5, 5.41) is 0. The number of nitrogen functional groups attached to an aromatic ring is 1. The molecule has 0 amide bonds. The van der Waals surface area contributed by atoms with Gasteiger partial charge in [-0.25, -0.2) is 9.97 Å². The first-order valence-corrected chi connectivity index (χ1v) is 7.83. The summed E-state index contributed by atoms with van der Waals surface area (Å²) < 4.78 is 45.2. The van der Waals surface area contributed by atoms with Crippen LogP contribution in [0.1, 0.15) is 38.3 Å². The number of pyridine rings is 2. The average Bonchev–Trinajstić information content (AvgIpc) is 2.58. The molecule has 0 aromatic carbocycles. The number of hydrogen-bond acceptors (Lipinski definition) is 6. The van der Waals surface area contributed by atoms with Crippen LogP contribution < -0.4 is 16.2 Å².